The van der Waals surface area contributed by atoms with Crippen molar-refractivity contribution < 1.29 is 14.3 Å². The van der Waals surface area contributed by atoms with Crippen LogP contribution < -0.4 is 15.7 Å². The lowest BCUT2D eigenvalue weighted by atomic mass is 10.2. The van der Waals surface area contributed by atoms with E-state index in [0.717, 1.165) is 0 Å². The van der Waals surface area contributed by atoms with E-state index >= 15 is 0 Å². The topological polar surface area (TPSA) is 50.7 Å². The van der Waals surface area contributed by atoms with E-state index < -0.39 is 8.32 Å². The largest absolute Gasteiger partial charge is 0.406 e. The number of morpholine rings is 1. The summed E-state index contributed by atoms with van der Waals surface area (Å²) in [4.78, 5) is 0. The summed E-state index contributed by atoms with van der Waals surface area (Å²) in [5.41, 5.74) is 0. The van der Waals surface area contributed by atoms with Gasteiger partial charge in [0.05, 0.1) is 38.5 Å². The van der Waals surface area contributed by atoms with E-state index in [0.29, 0.717) is 19.8 Å². The molecule has 2 N–H and O–H groups in total. The molecule has 1 fully saturated rings. The van der Waals surface area contributed by atoms with Gasteiger partial charge in [0.15, 0.2) is 0 Å². The molecule has 1 heterocycles. The molecule has 1 saturated heterocycles. The lowest BCUT2D eigenvalue weighted by Crippen LogP contribution is -2.68. The number of benzene rings is 2. The Labute approximate surface area is 163 Å². The Hall–Kier alpha value is -1.50. The minimum absolute atomic E-state index is 0.0218. The summed E-state index contributed by atoms with van der Waals surface area (Å²) in [5, 5.41) is 15.4. The van der Waals surface area contributed by atoms with Gasteiger partial charge in [-0.05, 0) is 15.4 Å². The average Bonchev–Trinajstić information content (AvgIpc) is 2.69. The van der Waals surface area contributed by atoms with Gasteiger partial charge >= 0.3 is 0 Å². The van der Waals surface area contributed by atoms with Crippen LogP contribution in [0, 0.1) is 0 Å². The molecule has 146 valence electrons. The van der Waals surface area contributed by atoms with Gasteiger partial charge in [-0.25, -0.2) is 0 Å². The Balaban J connectivity index is 1.97. The van der Waals surface area contributed by atoms with E-state index in [2.05, 4.69) is 86.8 Å². The molecular formula is C22H31NO3Si. The van der Waals surface area contributed by atoms with Crippen LogP contribution in [-0.4, -0.2) is 51.9 Å². The molecular weight excluding hydrogens is 354 g/mol. The van der Waals surface area contributed by atoms with Crippen molar-refractivity contribution in [2.24, 2.45) is 0 Å². The first-order chi connectivity index (χ1) is 13.0. The van der Waals surface area contributed by atoms with Crippen molar-refractivity contribution in [2.75, 3.05) is 26.4 Å². The third-order valence-corrected chi connectivity index (χ3v) is 10.3. The number of hydrogen-bond donors (Lipinski definition) is 2. The fraction of sp³-hybridized carbons (Fsp3) is 0.455. The van der Waals surface area contributed by atoms with Gasteiger partial charge in [0, 0.05) is 0 Å². The number of nitrogens with one attached hydrogen (secondary N) is 1. The van der Waals surface area contributed by atoms with Crippen molar-refractivity contribution in [1.82, 2.24) is 5.32 Å². The maximum Gasteiger partial charge on any atom is 0.261 e. The molecule has 1 aliphatic rings. The summed E-state index contributed by atoms with van der Waals surface area (Å²) < 4.78 is 12.6. The van der Waals surface area contributed by atoms with Crippen molar-refractivity contribution in [3.05, 3.63) is 60.7 Å². The standard InChI is InChI=1S/C22H31NO3Si/c1-22(2,3)27(20-10-6-4-7-11-20,21-12-8-5-9-13-21)26-17-19-16-25-15-18(14-24)23-19/h4-13,18-19,23-24H,14-17H2,1-3H3/t18-,19-/m0/s1. The van der Waals surface area contributed by atoms with Crippen molar-refractivity contribution in [3.8, 4) is 0 Å². The molecule has 0 bridgehead atoms. The maximum absolute atomic E-state index is 9.45. The lowest BCUT2D eigenvalue weighted by Gasteiger charge is -2.44. The second-order valence-electron chi connectivity index (χ2n) is 8.25. The SMILES string of the molecule is CC(C)(C)[Si](OC[C@@H]1COC[C@H](CO)N1)(c1ccccc1)c1ccccc1. The van der Waals surface area contributed by atoms with E-state index in [1.807, 2.05) is 0 Å². The number of rotatable bonds is 6. The zero-order chi connectivity index (χ0) is 19.3. The second kappa shape index (κ2) is 8.67. The molecule has 0 aliphatic carbocycles. The third-order valence-electron chi connectivity index (χ3n) is 5.25. The summed E-state index contributed by atoms with van der Waals surface area (Å²) in [6, 6.07) is 21.4. The van der Waals surface area contributed by atoms with Crippen LogP contribution >= 0.6 is 0 Å². The molecule has 2 aromatic carbocycles. The van der Waals surface area contributed by atoms with Crippen LogP contribution in [0.25, 0.3) is 0 Å². The Bertz CT molecular complexity index is 663. The molecule has 2 aromatic rings. The summed E-state index contributed by atoms with van der Waals surface area (Å²) in [5.74, 6) is 0. The molecule has 0 saturated carbocycles. The summed E-state index contributed by atoms with van der Waals surface area (Å²) in [7, 11) is -2.52. The molecule has 0 spiro atoms. The summed E-state index contributed by atoms with van der Waals surface area (Å²) in [6.07, 6.45) is 0. The number of ether oxygens (including phenoxy) is 1. The van der Waals surface area contributed by atoms with E-state index in [4.69, 9.17) is 9.16 Å². The zero-order valence-electron chi connectivity index (χ0n) is 16.5. The maximum atomic E-state index is 9.45. The van der Waals surface area contributed by atoms with E-state index in [9.17, 15) is 5.11 Å². The molecule has 1 aliphatic heterocycles. The van der Waals surface area contributed by atoms with Crippen LogP contribution in [0.3, 0.4) is 0 Å². The molecule has 3 rings (SSSR count). The molecule has 0 amide bonds. The molecule has 2 atom stereocenters. The highest BCUT2D eigenvalue weighted by Gasteiger charge is 2.50. The quantitative estimate of drug-likeness (QED) is 0.746. The van der Waals surface area contributed by atoms with Gasteiger partial charge in [0.1, 0.15) is 0 Å². The first-order valence-corrected chi connectivity index (χ1v) is 11.6. The van der Waals surface area contributed by atoms with Gasteiger partial charge in [-0.2, -0.15) is 0 Å². The van der Waals surface area contributed by atoms with Crippen molar-refractivity contribution >= 4 is 18.7 Å². The predicted molar refractivity (Wildman–Crippen MR) is 112 cm³/mol. The number of aliphatic hydroxyl groups excluding tert-OH is 1. The molecule has 5 heteroatoms. The lowest BCUT2D eigenvalue weighted by molar-refractivity contribution is 0.0134. The Kier molecular flexibility index (Phi) is 6.50. The van der Waals surface area contributed by atoms with Crippen molar-refractivity contribution in [2.45, 2.75) is 37.9 Å². The molecule has 4 nitrogen and oxygen atoms in total. The van der Waals surface area contributed by atoms with Gasteiger partial charge in [0.2, 0.25) is 0 Å². The number of hydrogen-bond acceptors (Lipinski definition) is 4. The van der Waals surface area contributed by atoms with Gasteiger partial charge < -0.3 is 19.6 Å². The second-order valence-corrected chi connectivity index (χ2v) is 12.6. The molecule has 0 aromatic heterocycles. The van der Waals surface area contributed by atoms with Gasteiger partial charge in [-0.1, -0.05) is 81.4 Å². The van der Waals surface area contributed by atoms with Crippen molar-refractivity contribution in [3.63, 3.8) is 0 Å². The first-order valence-electron chi connectivity index (χ1n) is 9.67. The van der Waals surface area contributed by atoms with Gasteiger partial charge in [-0.3, -0.25) is 0 Å². The molecule has 0 radical (unpaired) electrons. The molecule has 0 unspecified atom stereocenters. The Morgan fingerprint density at radius 2 is 1.48 bits per heavy atom. The van der Waals surface area contributed by atoms with E-state index in [1.54, 1.807) is 0 Å². The Morgan fingerprint density at radius 3 is 1.96 bits per heavy atom. The normalized spacial score (nSPS) is 21.2. The molecule has 27 heavy (non-hydrogen) atoms. The van der Waals surface area contributed by atoms with E-state index in [-0.39, 0.29) is 23.7 Å². The highest BCUT2D eigenvalue weighted by Crippen LogP contribution is 2.36. The van der Waals surface area contributed by atoms with Crippen LogP contribution in [-0.2, 0) is 9.16 Å². The third kappa shape index (κ3) is 4.33. The fourth-order valence-corrected chi connectivity index (χ4v) is 8.58. The van der Waals surface area contributed by atoms with Crippen LogP contribution in [0.4, 0.5) is 0 Å². The van der Waals surface area contributed by atoms with Gasteiger partial charge in [0.25, 0.3) is 8.32 Å². The summed E-state index contributed by atoms with van der Waals surface area (Å²) >= 11 is 0. The summed E-state index contributed by atoms with van der Waals surface area (Å²) in [6.45, 7) is 8.63. The van der Waals surface area contributed by atoms with Crippen molar-refractivity contribution in [1.29, 1.82) is 0 Å². The zero-order valence-corrected chi connectivity index (χ0v) is 17.5. The fourth-order valence-electron chi connectivity index (χ4n) is 3.97. The van der Waals surface area contributed by atoms with Gasteiger partial charge in [-0.15, -0.1) is 0 Å². The minimum atomic E-state index is -2.52. The van der Waals surface area contributed by atoms with E-state index in [1.165, 1.54) is 10.4 Å². The highest BCUT2D eigenvalue weighted by molar-refractivity contribution is 6.99. The van der Waals surface area contributed by atoms with Crippen LogP contribution in [0.2, 0.25) is 5.04 Å². The average molecular weight is 386 g/mol. The first kappa shape index (κ1) is 20.2. The smallest absolute Gasteiger partial charge is 0.261 e. The van der Waals surface area contributed by atoms with Crippen LogP contribution in [0.1, 0.15) is 20.8 Å². The Morgan fingerprint density at radius 1 is 0.963 bits per heavy atom. The van der Waals surface area contributed by atoms with Crippen LogP contribution in [0.5, 0.6) is 0 Å². The van der Waals surface area contributed by atoms with Crippen LogP contribution in [0.15, 0.2) is 60.7 Å². The monoisotopic (exact) mass is 385 g/mol. The minimum Gasteiger partial charge on any atom is -0.406 e. The highest BCUT2D eigenvalue weighted by atomic mass is 28.4. The predicted octanol–water partition coefficient (Wildman–Crippen LogP) is 1.91. The number of aliphatic hydroxyl groups is 1.